The Balaban J connectivity index is 0.701. The second-order valence-electron chi connectivity index (χ2n) is 19.6. The highest BCUT2D eigenvalue weighted by atomic mass is 35.5. The topological polar surface area (TPSA) is 155 Å². The van der Waals surface area contributed by atoms with Crippen LogP contribution in [0.25, 0.3) is 21.8 Å². The van der Waals surface area contributed by atoms with E-state index in [1.807, 2.05) is 23.9 Å². The van der Waals surface area contributed by atoms with E-state index >= 15 is 8.78 Å². The maximum atomic E-state index is 15.2. The number of pyridine rings is 1. The molecule has 6 aliphatic rings. The molecule has 3 aromatic heterocycles. The minimum absolute atomic E-state index is 0.0989. The fourth-order valence-corrected chi connectivity index (χ4v) is 11.4. The number of hydrogen-bond acceptors (Lipinski definition) is 12. The molecule has 1 spiro atoms. The van der Waals surface area contributed by atoms with E-state index in [0.29, 0.717) is 71.0 Å². The van der Waals surface area contributed by atoms with E-state index in [2.05, 4.69) is 60.8 Å². The van der Waals surface area contributed by atoms with E-state index in [1.54, 1.807) is 19.3 Å². The molecular weight excluding hydrogens is 856 g/mol. The minimum Gasteiger partial charge on any atom is -0.480 e. The molecule has 3 atom stereocenters. The van der Waals surface area contributed by atoms with Crippen LogP contribution in [0.4, 0.5) is 37.6 Å². The number of piperidine rings is 1. The lowest BCUT2D eigenvalue weighted by molar-refractivity contribution is -0.134. The molecule has 5 fully saturated rings. The van der Waals surface area contributed by atoms with Crippen LogP contribution in [0.1, 0.15) is 69.9 Å². The first-order chi connectivity index (χ1) is 31.2. The summed E-state index contributed by atoms with van der Waals surface area (Å²) in [4.78, 5) is 54.5. The molecule has 7 heterocycles. The standard InChI is InChI=1S/C47H54ClF2N11O4/c1-26-21-60(30-7-8-31-36(19-30)58(3)56-38(31)32-9-11-37(62)53-43(32)63)17-16-59(26)22-27-12-14-46(15-13-27)23-61(24-46)45-51-20-34(48)42(55-45)52-29-6-10-35-33(18-29)39-40(44(64)57(35)2)65-25-47(49,50)41(54-39)28-4-5-28/h6-8,10,18-20,26-28,32,41,54H,4-5,9,11-17,21-25H2,1-3H3,(H,51,52,55)(H,53,62,63)/t26-,32?,41+/m1/s1. The van der Waals surface area contributed by atoms with E-state index < -0.39 is 30.0 Å². The molecule has 3 N–H and O–H groups in total. The summed E-state index contributed by atoms with van der Waals surface area (Å²) < 4.78 is 39.2. The van der Waals surface area contributed by atoms with Crippen molar-refractivity contribution < 1.29 is 23.1 Å². The van der Waals surface area contributed by atoms with Crippen molar-refractivity contribution in [2.45, 2.75) is 82.2 Å². The number of alkyl halides is 2. The molecule has 0 radical (unpaired) electrons. The van der Waals surface area contributed by atoms with Gasteiger partial charge in [-0.3, -0.25) is 29.3 Å². The third kappa shape index (κ3) is 7.61. The number of hydrogen-bond donors (Lipinski definition) is 3. The van der Waals surface area contributed by atoms with Crippen LogP contribution in [0.15, 0.2) is 47.4 Å². The summed E-state index contributed by atoms with van der Waals surface area (Å²) in [7, 11) is 3.53. The van der Waals surface area contributed by atoms with Gasteiger partial charge in [-0.2, -0.15) is 10.1 Å². The molecule has 2 aliphatic carbocycles. The largest absolute Gasteiger partial charge is 0.480 e. The van der Waals surface area contributed by atoms with E-state index in [1.165, 1.54) is 30.3 Å². The Hall–Kier alpha value is -5.55. The van der Waals surface area contributed by atoms with Crippen molar-refractivity contribution in [1.29, 1.82) is 0 Å². The van der Waals surface area contributed by atoms with E-state index in [-0.39, 0.29) is 34.6 Å². The Morgan fingerprint density at radius 3 is 2.51 bits per heavy atom. The number of aromatic nitrogens is 5. The van der Waals surface area contributed by atoms with Crippen LogP contribution in [0.3, 0.4) is 0 Å². The van der Waals surface area contributed by atoms with E-state index in [4.69, 9.17) is 26.4 Å². The average molecular weight is 910 g/mol. The normalized spacial score (nSPS) is 24.6. The fraction of sp³-hybridized carbons (Fsp3) is 0.532. The number of carbonyl (C=O) groups is 2. The van der Waals surface area contributed by atoms with Gasteiger partial charge in [0.25, 0.3) is 5.56 Å². The lowest BCUT2D eigenvalue weighted by atomic mass is 9.66. The molecule has 2 amide bonds. The molecule has 65 heavy (non-hydrogen) atoms. The fourth-order valence-electron chi connectivity index (χ4n) is 11.2. The Kier molecular flexibility index (Phi) is 10.2. The van der Waals surface area contributed by atoms with Gasteiger partial charge in [-0.15, -0.1) is 0 Å². The highest BCUT2D eigenvalue weighted by molar-refractivity contribution is 6.33. The minimum atomic E-state index is -3.13. The number of benzene rings is 2. The molecule has 2 aromatic carbocycles. The van der Waals surface area contributed by atoms with Crippen LogP contribution < -0.4 is 36.0 Å². The van der Waals surface area contributed by atoms with Gasteiger partial charge in [0.15, 0.2) is 12.4 Å². The van der Waals surface area contributed by atoms with Crippen LogP contribution >= 0.6 is 11.6 Å². The Morgan fingerprint density at radius 2 is 1.75 bits per heavy atom. The van der Waals surface area contributed by atoms with Crippen LogP contribution in [-0.4, -0.2) is 105 Å². The van der Waals surface area contributed by atoms with Crippen molar-refractivity contribution >= 4 is 74.0 Å². The van der Waals surface area contributed by atoms with Gasteiger partial charge in [0.2, 0.25) is 23.5 Å². The molecule has 4 aliphatic heterocycles. The first-order valence-corrected chi connectivity index (χ1v) is 23.4. The number of rotatable bonds is 8. The Labute approximate surface area is 379 Å². The second kappa shape index (κ2) is 15.8. The van der Waals surface area contributed by atoms with Gasteiger partial charge in [-0.1, -0.05) is 11.6 Å². The van der Waals surface area contributed by atoms with Crippen LogP contribution in [-0.2, 0) is 23.7 Å². The number of ether oxygens (including phenoxy) is 1. The first-order valence-electron chi connectivity index (χ1n) is 23.0. The third-order valence-electron chi connectivity index (χ3n) is 15.2. The van der Waals surface area contributed by atoms with Crippen molar-refractivity contribution in [1.82, 2.24) is 34.5 Å². The molecule has 0 bridgehead atoms. The first kappa shape index (κ1) is 42.1. The van der Waals surface area contributed by atoms with Gasteiger partial charge >= 0.3 is 5.92 Å². The zero-order valence-corrected chi connectivity index (χ0v) is 37.6. The molecule has 1 unspecified atom stereocenters. The number of fused-ring (bicyclic) bond motifs is 4. The van der Waals surface area contributed by atoms with Crippen molar-refractivity contribution in [3.8, 4) is 5.75 Å². The molecule has 5 aromatic rings. The zero-order valence-electron chi connectivity index (χ0n) is 36.9. The molecule has 11 rings (SSSR count). The van der Waals surface area contributed by atoms with Gasteiger partial charge in [0.05, 0.1) is 40.6 Å². The molecular formula is C47H54ClF2N11O4. The predicted octanol–water partition coefficient (Wildman–Crippen LogP) is 6.56. The number of anilines is 5. The van der Waals surface area contributed by atoms with Gasteiger partial charge in [-0.25, -0.2) is 13.8 Å². The lowest BCUT2D eigenvalue weighted by Gasteiger charge is -2.54. The molecule has 342 valence electrons. The van der Waals surface area contributed by atoms with Crippen molar-refractivity contribution in [3.05, 3.63) is 63.7 Å². The maximum Gasteiger partial charge on any atom is 0.301 e. The number of imide groups is 1. The van der Waals surface area contributed by atoms with Crippen molar-refractivity contribution in [2.24, 2.45) is 31.3 Å². The molecule has 18 heteroatoms. The van der Waals surface area contributed by atoms with Crippen molar-refractivity contribution in [3.63, 3.8) is 0 Å². The second-order valence-corrected chi connectivity index (χ2v) is 20.0. The van der Waals surface area contributed by atoms with E-state index in [9.17, 15) is 14.4 Å². The Morgan fingerprint density at radius 1 is 0.954 bits per heavy atom. The van der Waals surface area contributed by atoms with Gasteiger partial charge in [-0.05, 0) is 100 Å². The van der Waals surface area contributed by atoms with Gasteiger partial charge in [0.1, 0.15) is 5.02 Å². The van der Waals surface area contributed by atoms with Crippen LogP contribution in [0.5, 0.6) is 5.75 Å². The lowest BCUT2D eigenvalue weighted by Crippen LogP contribution is -2.59. The monoisotopic (exact) mass is 909 g/mol. The van der Waals surface area contributed by atoms with Gasteiger partial charge < -0.3 is 29.7 Å². The third-order valence-corrected chi connectivity index (χ3v) is 15.4. The average Bonchev–Trinajstić information content (AvgIpc) is 4.08. The van der Waals surface area contributed by atoms with Crippen LogP contribution in [0.2, 0.25) is 5.02 Å². The number of nitrogens with one attached hydrogen (secondary N) is 3. The molecule has 2 saturated carbocycles. The summed E-state index contributed by atoms with van der Waals surface area (Å²) >= 11 is 6.66. The number of nitrogens with zero attached hydrogens (tertiary/aromatic N) is 8. The number of amides is 2. The summed E-state index contributed by atoms with van der Waals surface area (Å²) in [5.74, 6) is -2.61. The summed E-state index contributed by atoms with van der Waals surface area (Å²) in [6, 6.07) is 11.1. The number of halogens is 3. The van der Waals surface area contributed by atoms with Crippen LogP contribution in [0, 0.1) is 17.3 Å². The predicted molar refractivity (Wildman–Crippen MR) is 246 cm³/mol. The smallest absolute Gasteiger partial charge is 0.301 e. The molecule has 15 nitrogen and oxygen atoms in total. The van der Waals surface area contributed by atoms with Crippen molar-refractivity contribution in [2.75, 3.05) is 66.3 Å². The number of aryl methyl sites for hydroxylation is 2. The van der Waals surface area contributed by atoms with Gasteiger partial charge in [0, 0.05) is 93.4 Å². The number of carbonyl (C=O) groups excluding carboxylic acids is 2. The quantitative estimate of drug-likeness (QED) is 0.145. The molecule has 3 saturated heterocycles. The summed E-state index contributed by atoms with van der Waals surface area (Å²) in [6.45, 7) is 7.23. The summed E-state index contributed by atoms with van der Waals surface area (Å²) in [5.41, 5.74) is 4.17. The zero-order chi connectivity index (χ0) is 44.9. The highest BCUT2D eigenvalue weighted by Crippen LogP contribution is 2.48. The Bertz CT molecular complexity index is 2800. The number of piperazine rings is 1. The SMILES string of the molecule is C[C@@H]1CN(c2ccc3c(C4CCC(=O)NC4=O)nn(C)c3c2)CCN1CC1CCC2(CC1)CN(c1ncc(Cl)c(Nc3ccc4c(c3)c3c(c(=O)n4C)OCC(F)(F)[C@H](C4CC4)N3)n1)C2. The van der Waals surface area contributed by atoms with E-state index in [0.717, 1.165) is 61.6 Å². The summed E-state index contributed by atoms with van der Waals surface area (Å²) in [5, 5.41) is 15.5. The maximum absolute atomic E-state index is 15.2. The summed E-state index contributed by atoms with van der Waals surface area (Å²) in [6.07, 6.45) is 8.55. The highest BCUT2D eigenvalue weighted by Gasteiger charge is 2.51.